The van der Waals surface area contributed by atoms with Crippen LogP contribution in [0.25, 0.3) is 0 Å². The molecule has 3 aliphatic rings. The van der Waals surface area contributed by atoms with E-state index in [1.54, 1.807) is 13.0 Å². The van der Waals surface area contributed by atoms with Crippen LogP contribution in [0.3, 0.4) is 0 Å². The number of halogens is 2. The van der Waals surface area contributed by atoms with Gasteiger partial charge in [0.1, 0.15) is 23.8 Å². The van der Waals surface area contributed by atoms with Crippen LogP contribution in [-0.2, 0) is 14.3 Å². The van der Waals surface area contributed by atoms with Gasteiger partial charge in [0, 0.05) is 17.2 Å². The first-order valence-corrected chi connectivity index (χ1v) is 13.6. The minimum Gasteiger partial charge on any atom is -0.461 e. The first kappa shape index (κ1) is 29.3. The Morgan fingerprint density at radius 1 is 1.20 bits per heavy atom. The molecule has 0 radical (unpaired) electrons. The summed E-state index contributed by atoms with van der Waals surface area (Å²) >= 11 is 0. The van der Waals surface area contributed by atoms with E-state index < -0.39 is 35.5 Å². The molecule has 3 atom stereocenters. The van der Waals surface area contributed by atoms with Crippen LogP contribution in [0.5, 0.6) is 0 Å². The molecular formula is C31H34F2N2O5. The van der Waals surface area contributed by atoms with Gasteiger partial charge in [-0.05, 0) is 93.8 Å². The van der Waals surface area contributed by atoms with Gasteiger partial charge in [0.15, 0.2) is 11.6 Å². The number of carbonyl (C=O) groups excluding carboxylic acids is 3. The molecule has 4 N–H and O–H groups in total. The first-order chi connectivity index (χ1) is 19.1. The highest BCUT2D eigenvalue weighted by atomic mass is 19.1. The van der Waals surface area contributed by atoms with Gasteiger partial charge in [-0.2, -0.15) is 0 Å². The predicted octanol–water partition coefficient (Wildman–Crippen LogP) is 4.14. The van der Waals surface area contributed by atoms with E-state index in [0.29, 0.717) is 25.5 Å². The molecule has 40 heavy (non-hydrogen) atoms. The molecule has 3 aliphatic carbocycles. The minimum atomic E-state index is -1.01. The van der Waals surface area contributed by atoms with Crippen molar-refractivity contribution >= 4 is 17.5 Å². The number of ether oxygens (including phenoxy) is 1. The van der Waals surface area contributed by atoms with Gasteiger partial charge in [-0.15, -0.1) is 0 Å². The van der Waals surface area contributed by atoms with Gasteiger partial charge in [0.25, 0.3) is 0 Å². The van der Waals surface area contributed by atoms with E-state index in [0.717, 1.165) is 43.4 Å². The summed E-state index contributed by atoms with van der Waals surface area (Å²) in [4.78, 5) is 37.9. The smallest absolute Gasteiger partial charge is 0.326 e. The molecule has 2 unspecified atom stereocenters. The molecule has 0 bridgehead atoms. The van der Waals surface area contributed by atoms with E-state index in [-0.39, 0.29) is 40.2 Å². The molecule has 4 rings (SSSR count). The number of nitrogens with one attached hydrogen (secondary N) is 1. The van der Waals surface area contributed by atoms with Crippen molar-refractivity contribution in [1.29, 1.82) is 0 Å². The lowest BCUT2D eigenvalue weighted by Crippen LogP contribution is -2.47. The Balaban J connectivity index is 1.36. The number of nitrogens with two attached hydrogens (primary N) is 1. The summed E-state index contributed by atoms with van der Waals surface area (Å²) in [5, 5.41) is 13.2. The van der Waals surface area contributed by atoms with Gasteiger partial charge >= 0.3 is 5.97 Å². The van der Waals surface area contributed by atoms with Crippen LogP contribution in [0.1, 0.15) is 55.8 Å². The van der Waals surface area contributed by atoms with E-state index in [1.165, 1.54) is 12.2 Å². The van der Waals surface area contributed by atoms with Crippen molar-refractivity contribution in [2.24, 2.45) is 11.7 Å². The fourth-order valence-electron chi connectivity index (χ4n) is 5.07. The van der Waals surface area contributed by atoms with Crippen LogP contribution in [0, 0.1) is 17.6 Å². The Kier molecular flexibility index (Phi) is 9.60. The summed E-state index contributed by atoms with van der Waals surface area (Å²) in [6.07, 6.45) is 14.1. The second-order valence-electron chi connectivity index (χ2n) is 10.4. The third kappa shape index (κ3) is 7.08. The van der Waals surface area contributed by atoms with Crippen molar-refractivity contribution < 1.29 is 33.0 Å². The quantitative estimate of drug-likeness (QED) is 0.227. The van der Waals surface area contributed by atoms with Crippen molar-refractivity contribution in [1.82, 2.24) is 5.32 Å². The highest BCUT2D eigenvalue weighted by Gasteiger charge is 2.29. The summed E-state index contributed by atoms with van der Waals surface area (Å²) in [5.41, 5.74) is 6.57. The second-order valence-corrected chi connectivity index (χ2v) is 10.4. The molecule has 0 aromatic heterocycles. The molecule has 1 aromatic carbocycles. The van der Waals surface area contributed by atoms with E-state index in [1.807, 2.05) is 18.2 Å². The average molecular weight is 553 g/mol. The zero-order chi connectivity index (χ0) is 28.8. The third-order valence-corrected chi connectivity index (χ3v) is 7.40. The van der Waals surface area contributed by atoms with Crippen LogP contribution >= 0.6 is 0 Å². The Labute approximate surface area is 232 Å². The number of ketones is 2. The lowest BCUT2D eigenvalue weighted by Gasteiger charge is -2.23. The van der Waals surface area contributed by atoms with E-state index in [2.05, 4.69) is 5.32 Å². The maximum atomic E-state index is 14.2. The standard InChI is InChI=1S/C31H34F2N2O5/c1-18(36)29(31(39)40-22-4-2-3-5-22)35-15-14-19-6-8-20(9-7-19)16-25-27(37)13-12-24(28(25)34)30(38)23-11-10-21(32)17-26(23)33/h6,8-13,16-19,22,29,35-36H,2-5,7,14-15,34H2,1H3/b25-16+/t18-,19?,29?/m1/s1. The number of esters is 1. The number of rotatable bonds is 10. The maximum absolute atomic E-state index is 14.2. The summed E-state index contributed by atoms with van der Waals surface area (Å²) in [5.74, 6) is -3.20. The zero-order valence-electron chi connectivity index (χ0n) is 22.4. The number of carbonyl (C=O) groups is 3. The highest BCUT2D eigenvalue weighted by molar-refractivity contribution is 6.18. The van der Waals surface area contributed by atoms with Crippen molar-refractivity contribution in [3.05, 3.63) is 94.3 Å². The molecule has 7 nitrogen and oxygen atoms in total. The molecule has 0 saturated heterocycles. The molecule has 1 fully saturated rings. The first-order valence-electron chi connectivity index (χ1n) is 13.6. The summed E-state index contributed by atoms with van der Waals surface area (Å²) in [6, 6.07) is 1.86. The fourth-order valence-corrected chi connectivity index (χ4v) is 5.07. The highest BCUT2D eigenvalue weighted by Crippen LogP contribution is 2.27. The van der Waals surface area contributed by atoms with Crippen molar-refractivity contribution in [2.75, 3.05) is 6.54 Å². The van der Waals surface area contributed by atoms with Crippen LogP contribution in [-0.4, -0.2) is 47.4 Å². The van der Waals surface area contributed by atoms with Crippen molar-refractivity contribution in [2.45, 2.75) is 63.7 Å². The van der Waals surface area contributed by atoms with Crippen LogP contribution in [0.2, 0.25) is 0 Å². The van der Waals surface area contributed by atoms with Gasteiger partial charge in [0.05, 0.1) is 17.4 Å². The van der Waals surface area contributed by atoms with E-state index in [4.69, 9.17) is 10.5 Å². The number of aliphatic hydroxyl groups excluding tert-OH is 1. The largest absolute Gasteiger partial charge is 0.461 e. The number of aliphatic hydroxyl groups is 1. The molecule has 1 saturated carbocycles. The molecule has 212 valence electrons. The molecule has 9 heteroatoms. The molecule has 0 amide bonds. The Morgan fingerprint density at radius 2 is 1.95 bits per heavy atom. The van der Waals surface area contributed by atoms with Crippen molar-refractivity contribution in [3.63, 3.8) is 0 Å². The number of allylic oxidation sites excluding steroid dienone is 9. The Morgan fingerprint density at radius 3 is 2.60 bits per heavy atom. The molecule has 1 aromatic rings. The van der Waals surface area contributed by atoms with E-state index in [9.17, 15) is 28.3 Å². The number of hydrogen-bond acceptors (Lipinski definition) is 7. The SMILES string of the molecule is C[C@@H](O)C(NCCC1C=CC(/C=C2\C(=O)C=CC(C(=O)c3ccc(F)cc3F)=C2N)=CC1)C(=O)OC1CCCC1. The van der Waals surface area contributed by atoms with Gasteiger partial charge in [-0.1, -0.05) is 18.2 Å². The minimum absolute atomic E-state index is 0.0418. The lowest BCUT2D eigenvalue weighted by atomic mass is 9.88. The number of benzene rings is 1. The number of Topliss-reactive ketones (excluding diaryl/α,β-unsaturated/α-hetero) is 1. The Bertz CT molecular complexity index is 1320. The van der Waals surface area contributed by atoms with Crippen LogP contribution in [0.4, 0.5) is 8.78 Å². The topological polar surface area (TPSA) is 119 Å². The third-order valence-electron chi connectivity index (χ3n) is 7.40. The second kappa shape index (κ2) is 13.1. The van der Waals surface area contributed by atoms with E-state index >= 15 is 0 Å². The lowest BCUT2D eigenvalue weighted by molar-refractivity contribution is -0.154. The zero-order valence-corrected chi connectivity index (χ0v) is 22.4. The monoisotopic (exact) mass is 552 g/mol. The van der Waals surface area contributed by atoms with Crippen LogP contribution in [0.15, 0.2) is 77.1 Å². The number of hydrogen-bond donors (Lipinski definition) is 3. The Hall–Kier alpha value is -3.69. The average Bonchev–Trinajstić information content (AvgIpc) is 3.42. The van der Waals surface area contributed by atoms with Crippen LogP contribution < -0.4 is 11.1 Å². The molecule has 0 spiro atoms. The van der Waals surface area contributed by atoms with Crippen molar-refractivity contribution in [3.8, 4) is 0 Å². The normalized spacial score (nSPS) is 22.0. The molecule has 0 aliphatic heterocycles. The molecule has 0 heterocycles. The van der Waals surface area contributed by atoms with Gasteiger partial charge in [-0.25, -0.2) is 8.78 Å². The molecular weight excluding hydrogens is 518 g/mol. The predicted molar refractivity (Wildman–Crippen MR) is 146 cm³/mol. The van der Waals surface area contributed by atoms with Gasteiger partial charge in [-0.3, -0.25) is 14.4 Å². The van der Waals surface area contributed by atoms with Gasteiger partial charge < -0.3 is 20.9 Å². The maximum Gasteiger partial charge on any atom is 0.326 e. The summed E-state index contributed by atoms with van der Waals surface area (Å²) < 4.78 is 33.0. The summed E-state index contributed by atoms with van der Waals surface area (Å²) in [6.45, 7) is 2.06. The summed E-state index contributed by atoms with van der Waals surface area (Å²) in [7, 11) is 0. The fraction of sp³-hybridized carbons (Fsp3) is 0.387. The van der Waals surface area contributed by atoms with Gasteiger partial charge in [0.2, 0.25) is 0 Å².